The summed E-state index contributed by atoms with van der Waals surface area (Å²) in [6.45, 7) is 0.289. The maximum absolute atomic E-state index is 13.0. The molecule has 0 bridgehead atoms. The van der Waals surface area contributed by atoms with E-state index >= 15 is 0 Å². The quantitative estimate of drug-likeness (QED) is 0.362. The van der Waals surface area contributed by atoms with Crippen LogP contribution in [0.5, 0.6) is 5.75 Å². The molecule has 1 unspecified atom stereocenters. The van der Waals surface area contributed by atoms with Crippen LogP contribution in [0.25, 0.3) is 0 Å². The van der Waals surface area contributed by atoms with Gasteiger partial charge in [0, 0.05) is 23.0 Å². The Kier molecular flexibility index (Phi) is 7.76. The highest BCUT2D eigenvalue weighted by molar-refractivity contribution is 6.30. The van der Waals surface area contributed by atoms with Crippen LogP contribution in [0.4, 0.5) is 28.0 Å². The predicted octanol–water partition coefficient (Wildman–Crippen LogP) is 6.14. The average Bonchev–Trinajstić information content (AvgIpc) is 3.20. The molecule has 33 heavy (non-hydrogen) atoms. The number of alkyl halides is 4. The molecule has 2 aromatic carbocycles. The zero-order valence-electron chi connectivity index (χ0n) is 17.1. The summed E-state index contributed by atoms with van der Waals surface area (Å²) in [6.07, 6.45) is -6.90. The van der Waals surface area contributed by atoms with Crippen molar-refractivity contribution < 1.29 is 27.1 Å². The van der Waals surface area contributed by atoms with E-state index in [4.69, 9.17) is 16.9 Å². The summed E-state index contributed by atoms with van der Waals surface area (Å²) in [4.78, 5) is 12.7. The number of carbonyl (C=O) groups is 1. The number of carbonyl (C=O) groups excluding carboxylic acids is 1. The van der Waals surface area contributed by atoms with E-state index in [1.807, 2.05) is 0 Å². The van der Waals surface area contributed by atoms with Crippen LogP contribution in [0.2, 0.25) is 5.02 Å². The lowest BCUT2D eigenvalue weighted by atomic mass is 9.93. The average molecular weight is 483 g/mol. The number of benzene rings is 2. The van der Waals surface area contributed by atoms with Crippen LogP contribution in [0, 0.1) is 17.2 Å². The number of anilines is 1. The van der Waals surface area contributed by atoms with E-state index in [0.29, 0.717) is 30.0 Å². The second-order valence-electron chi connectivity index (χ2n) is 7.24. The molecule has 2 amide bonds. The molecule has 1 aliphatic rings. The van der Waals surface area contributed by atoms with E-state index < -0.39 is 24.3 Å². The number of urea groups is 1. The number of hydrogen-bond acceptors (Lipinski definition) is 4. The lowest BCUT2D eigenvalue weighted by Gasteiger charge is -2.17. The van der Waals surface area contributed by atoms with Gasteiger partial charge in [0.25, 0.3) is 0 Å². The lowest BCUT2D eigenvalue weighted by molar-refractivity contribution is -0.253. The first kappa shape index (κ1) is 24.3. The Morgan fingerprint density at radius 1 is 1.24 bits per heavy atom. The van der Waals surface area contributed by atoms with Gasteiger partial charge in [-0.15, -0.1) is 0 Å². The van der Waals surface area contributed by atoms with Crippen molar-refractivity contribution in [3.05, 3.63) is 59.1 Å². The topological polar surface area (TPSA) is 77.7 Å². The number of nitriles is 1. The number of ether oxygens (including phenoxy) is 1. The van der Waals surface area contributed by atoms with Crippen molar-refractivity contribution in [2.24, 2.45) is 11.0 Å². The number of nitrogens with zero attached hydrogens (tertiary/aromatic N) is 3. The van der Waals surface area contributed by atoms with Gasteiger partial charge in [-0.1, -0.05) is 23.7 Å². The van der Waals surface area contributed by atoms with Crippen molar-refractivity contribution in [3.63, 3.8) is 0 Å². The van der Waals surface area contributed by atoms with Crippen molar-refractivity contribution >= 4 is 29.0 Å². The summed E-state index contributed by atoms with van der Waals surface area (Å²) in [5.41, 5.74) is 1.74. The molecule has 3 rings (SSSR count). The van der Waals surface area contributed by atoms with E-state index in [2.05, 4.69) is 21.2 Å². The number of halogens is 5. The van der Waals surface area contributed by atoms with Crippen LogP contribution in [0.3, 0.4) is 0 Å². The van der Waals surface area contributed by atoms with Crippen LogP contribution in [-0.2, 0) is 0 Å². The summed E-state index contributed by atoms with van der Waals surface area (Å²) in [7, 11) is 0. The molecule has 0 radical (unpaired) electrons. The molecule has 1 heterocycles. The predicted molar refractivity (Wildman–Crippen MR) is 115 cm³/mol. The second-order valence-corrected chi connectivity index (χ2v) is 7.68. The molecule has 0 saturated heterocycles. The van der Waals surface area contributed by atoms with Gasteiger partial charge in [-0.3, -0.25) is 0 Å². The molecule has 0 fully saturated rings. The van der Waals surface area contributed by atoms with Gasteiger partial charge >= 0.3 is 18.6 Å². The summed E-state index contributed by atoms with van der Waals surface area (Å²) in [5.74, 6) is -0.558. The van der Waals surface area contributed by atoms with Gasteiger partial charge < -0.3 is 10.1 Å². The molecule has 0 spiro atoms. The van der Waals surface area contributed by atoms with Gasteiger partial charge in [-0.2, -0.15) is 27.9 Å². The van der Waals surface area contributed by atoms with Crippen molar-refractivity contribution in [2.45, 2.75) is 31.8 Å². The maximum Gasteiger partial charge on any atom is 0.461 e. The van der Waals surface area contributed by atoms with E-state index in [9.17, 15) is 22.4 Å². The Labute approximate surface area is 192 Å². The largest absolute Gasteiger partial charge is 0.461 e. The molecule has 0 aliphatic carbocycles. The number of hydrazone groups is 1. The van der Waals surface area contributed by atoms with Gasteiger partial charge in [-0.25, -0.2) is 9.80 Å². The van der Waals surface area contributed by atoms with E-state index in [-0.39, 0.29) is 18.2 Å². The highest BCUT2D eigenvalue weighted by atomic mass is 35.5. The van der Waals surface area contributed by atoms with E-state index in [1.165, 1.54) is 17.1 Å². The highest BCUT2D eigenvalue weighted by Gasteiger charge is 2.44. The number of unbranched alkanes of at least 4 members (excludes halogenated alkanes) is 1. The molecular weight excluding hydrogens is 464 g/mol. The Morgan fingerprint density at radius 2 is 1.91 bits per heavy atom. The molecule has 1 N–H and O–H groups in total. The van der Waals surface area contributed by atoms with Crippen molar-refractivity contribution in [1.29, 1.82) is 5.26 Å². The van der Waals surface area contributed by atoms with Gasteiger partial charge in [0.05, 0.1) is 18.3 Å². The fourth-order valence-electron chi connectivity index (χ4n) is 3.24. The van der Waals surface area contributed by atoms with Gasteiger partial charge in [0.2, 0.25) is 0 Å². The molecular formula is C22H19ClF4N4O2. The molecule has 0 saturated carbocycles. The SMILES string of the molecule is N#CCCCC1CN(C(=O)Nc2ccc(OC(F)(F)C(F)F)cc2)N=C1c1ccc(Cl)cc1. The standard InChI is InChI=1S/C22H19ClF4N4O2/c23-16-6-4-14(5-7-16)19-15(3-1-2-12-28)13-31(30-19)21(32)29-17-8-10-18(11-9-17)33-22(26,27)20(24)25/h4-11,15,20H,1-3,13H2,(H,29,32). The lowest BCUT2D eigenvalue weighted by Crippen LogP contribution is -2.33. The normalized spacial score (nSPS) is 15.8. The first-order chi connectivity index (χ1) is 15.7. The summed E-state index contributed by atoms with van der Waals surface area (Å²) in [5, 5.41) is 17.6. The Morgan fingerprint density at radius 3 is 2.52 bits per heavy atom. The fraction of sp³-hybridized carbons (Fsp3) is 0.318. The molecule has 11 heteroatoms. The van der Waals surface area contributed by atoms with Crippen LogP contribution < -0.4 is 10.1 Å². The second kappa shape index (κ2) is 10.5. The van der Waals surface area contributed by atoms with E-state index in [1.54, 1.807) is 24.3 Å². The molecule has 1 atom stereocenters. The van der Waals surface area contributed by atoms with Crippen LogP contribution in [-0.4, -0.2) is 35.8 Å². The third kappa shape index (κ3) is 6.35. The first-order valence-electron chi connectivity index (χ1n) is 9.94. The van der Waals surface area contributed by atoms with Crippen molar-refractivity contribution in [2.75, 3.05) is 11.9 Å². The fourth-order valence-corrected chi connectivity index (χ4v) is 3.37. The minimum Gasteiger partial charge on any atom is -0.428 e. The van der Waals surface area contributed by atoms with Gasteiger partial charge in [0.1, 0.15) is 5.75 Å². The Bertz CT molecular complexity index is 1040. The third-order valence-corrected chi connectivity index (χ3v) is 5.09. The first-order valence-corrected chi connectivity index (χ1v) is 10.3. The number of hydrogen-bond donors (Lipinski definition) is 1. The van der Waals surface area contributed by atoms with Crippen LogP contribution >= 0.6 is 11.6 Å². The van der Waals surface area contributed by atoms with Gasteiger partial charge in [0.15, 0.2) is 0 Å². The zero-order valence-corrected chi connectivity index (χ0v) is 17.9. The summed E-state index contributed by atoms with van der Waals surface area (Å²) in [6, 6.07) is 13.2. The third-order valence-electron chi connectivity index (χ3n) is 4.84. The highest BCUT2D eigenvalue weighted by Crippen LogP contribution is 2.29. The zero-order chi connectivity index (χ0) is 24.0. The van der Waals surface area contributed by atoms with Crippen molar-refractivity contribution in [1.82, 2.24) is 5.01 Å². The molecule has 2 aromatic rings. The monoisotopic (exact) mass is 482 g/mol. The molecule has 1 aliphatic heterocycles. The molecule has 6 nitrogen and oxygen atoms in total. The van der Waals surface area contributed by atoms with Gasteiger partial charge in [-0.05, 0) is 54.8 Å². The van der Waals surface area contributed by atoms with Crippen LogP contribution in [0.1, 0.15) is 24.8 Å². The van der Waals surface area contributed by atoms with Crippen molar-refractivity contribution in [3.8, 4) is 11.8 Å². The number of amides is 2. The number of rotatable bonds is 8. The minimum absolute atomic E-state index is 0.0855. The maximum atomic E-state index is 13.0. The minimum atomic E-state index is -4.62. The van der Waals surface area contributed by atoms with Crippen LogP contribution in [0.15, 0.2) is 53.6 Å². The number of nitrogens with one attached hydrogen (secondary N) is 1. The Balaban J connectivity index is 1.69. The Hall–Kier alpha value is -3.32. The smallest absolute Gasteiger partial charge is 0.428 e. The summed E-state index contributed by atoms with van der Waals surface area (Å²) < 4.78 is 54.5. The van der Waals surface area contributed by atoms with E-state index in [0.717, 1.165) is 17.7 Å². The summed E-state index contributed by atoms with van der Waals surface area (Å²) >= 11 is 5.95. The molecule has 174 valence electrons. The molecule has 0 aromatic heterocycles.